The van der Waals surface area contributed by atoms with Gasteiger partial charge >= 0.3 is 0 Å². The highest BCUT2D eigenvalue weighted by Crippen LogP contribution is 2.16. The smallest absolute Gasteiger partial charge is 0.272 e. The molecule has 0 saturated carbocycles. The second kappa shape index (κ2) is 4.84. The van der Waals surface area contributed by atoms with Gasteiger partial charge < -0.3 is 10.6 Å². The van der Waals surface area contributed by atoms with E-state index in [9.17, 15) is 14.4 Å². The topological polar surface area (TPSA) is 107 Å². The standard InChI is InChI=1S/C11H12N4O3/c1-12-5-8(16)13-7-4-2-3-6-9(7)11(18)15-14-10(6)17/h2-4,12H,5H2,1H3,(H,13,16)(H,14,17)(H,15,18). The zero-order chi connectivity index (χ0) is 13.1. The molecule has 0 bridgehead atoms. The minimum absolute atomic E-state index is 0.123. The van der Waals surface area contributed by atoms with E-state index >= 15 is 0 Å². The van der Waals surface area contributed by atoms with Crippen molar-refractivity contribution in [2.75, 3.05) is 18.9 Å². The summed E-state index contributed by atoms with van der Waals surface area (Å²) in [5.74, 6) is -0.287. The molecule has 1 amide bonds. The van der Waals surface area contributed by atoms with E-state index in [1.54, 1.807) is 19.2 Å². The Morgan fingerprint density at radius 3 is 2.67 bits per heavy atom. The van der Waals surface area contributed by atoms with Gasteiger partial charge in [0, 0.05) is 0 Å². The number of carbonyl (C=O) groups is 1. The third-order valence-electron chi connectivity index (χ3n) is 2.44. The number of benzene rings is 1. The van der Waals surface area contributed by atoms with Crippen LogP contribution in [0, 0.1) is 0 Å². The third kappa shape index (κ3) is 2.16. The van der Waals surface area contributed by atoms with Crippen LogP contribution in [0.4, 0.5) is 5.69 Å². The van der Waals surface area contributed by atoms with E-state index in [2.05, 4.69) is 20.8 Å². The molecule has 18 heavy (non-hydrogen) atoms. The maximum absolute atomic E-state index is 11.7. The Hall–Kier alpha value is -2.41. The molecule has 0 aliphatic carbocycles. The van der Waals surface area contributed by atoms with Crippen molar-refractivity contribution >= 4 is 22.4 Å². The molecule has 0 atom stereocenters. The molecule has 0 spiro atoms. The molecule has 94 valence electrons. The van der Waals surface area contributed by atoms with Crippen molar-refractivity contribution in [3.05, 3.63) is 38.9 Å². The van der Waals surface area contributed by atoms with Gasteiger partial charge in [-0.15, -0.1) is 0 Å². The predicted octanol–water partition coefficient (Wildman–Crippen LogP) is -0.626. The van der Waals surface area contributed by atoms with Crippen LogP contribution in [-0.4, -0.2) is 29.7 Å². The Bertz CT molecular complexity index is 701. The summed E-state index contributed by atoms with van der Waals surface area (Å²) >= 11 is 0. The minimum Gasteiger partial charge on any atom is -0.324 e. The average Bonchev–Trinajstić information content (AvgIpc) is 2.34. The quantitative estimate of drug-likeness (QED) is 0.580. The summed E-state index contributed by atoms with van der Waals surface area (Å²) in [5.41, 5.74) is -0.542. The second-order valence-corrected chi connectivity index (χ2v) is 3.71. The number of anilines is 1. The molecular weight excluding hydrogens is 236 g/mol. The zero-order valence-corrected chi connectivity index (χ0v) is 9.66. The first kappa shape index (κ1) is 12.1. The summed E-state index contributed by atoms with van der Waals surface area (Å²) in [5, 5.41) is 10.1. The zero-order valence-electron chi connectivity index (χ0n) is 9.66. The highest BCUT2D eigenvalue weighted by molar-refractivity contribution is 6.01. The number of aromatic nitrogens is 2. The lowest BCUT2D eigenvalue weighted by atomic mass is 10.1. The number of amides is 1. The van der Waals surface area contributed by atoms with Crippen LogP contribution >= 0.6 is 0 Å². The van der Waals surface area contributed by atoms with Gasteiger partial charge in [-0.25, -0.2) is 0 Å². The van der Waals surface area contributed by atoms with E-state index in [0.717, 1.165) is 0 Å². The summed E-state index contributed by atoms with van der Waals surface area (Å²) in [6.07, 6.45) is 0. The predicted molar refractivity (Wildman–Crippen MR) is 67.7 cm³/mol. The van der Waals surface area contributed by atoms with Crippen LogP contribution in [0.5, 0.6) is 0 Å². The molecule has 1 aromatic carbocycles. The Balaban J connectivity index is 2.58. The number of likely N-dealkylation sites (N-methyl/N-ethyl adjacent to an activating group) is 1. The van der Waals surface area contributed by atoms with Crippen LogP contribution in [0.2, 0.25) is 0 Å². The molecule has 0 unspecified atom stereocenters. The Kier molecular flexibility index (Phi) is 3.24. The molecule has 0 aliphatic rings. The van der Waals surface area contributed by atoms with Crippen LogP contribution in [0.25, 0.3) is 10.8 Å². The number of hydrogen-bond donors (Lipinski definition) is 4. The van der Waals surface area contributed by atoms with E-state index in [0.29, 0.717) is 5.69 Å². The van der Waals surface area contributed by atoms with Crippen molar-refractivity contribution in [3.63, 3.8) is 0 Å². The van der Waals surface area contributed by atoms with Gasteiger partial charge in [0.1, 0.15) is 0 Å². The highest BCUT2D eigenvalue weighted by Gasteiger charge is 2.09. The molecule has 1 heterocycles. The van der Waals surface area contributed by atoms with Crippen LogP contribution in [0.1, 0.15) is 0 Å². The summed E-state index contributed by atoms with van der Waals surface area (Å²) in [6, 6.07) is 4.70. The van der Waals surface area contributed by atoms with Crippen molar-refractivity contribution in [1.82, 2.24) is 15.5 Å². The molecule has 2 aromatic rings. The van der Waals surface area contributed by atoms with Gasteiger partial charge in [-0.05, 0) is 19.2 Å². The van der Waals surface area contributed by atoms with Gasteiger partial charge in [-0.1, -0.05) is 6.07 Å². The lowest BCUT2D eigenvalue weighted by molar-refractivity contribution is -0.115. The first-order valence-corrected chi connectivity index (χ1v) is 5.31. The van der Waals surface area contributed by atoms with Crippen molar-refractivity contribution in [1.29, 1.82) is 0 Å². The number of nitrogens with one attached hydrogen (secondary N) is 4. The maximum Gasteiger partial charge on any atom is 0.272 e. The highest BCUT2D eigenvalue weighted by atomic mass is 16.2. The summed E-state index contributed by atoms with van der Waals surface area (Å²) in [6.45, 7) is 0.123. The van der Waals surface area contributed by atoms with Crippen LogP contribution in [0.3, 0.4) is 0 Å². The average molecular weight is 248 g/mol. The fourth-order valence-corrected chi connectivity index (χ4v) is 1.69. The lowest BCUT2D eigenvalue weighted by Crippen LogP contribution is -2.26. The molecule has 0 radical (unpaired) electrons. The minimum atomic E-state index is -0.454. The molecule has 0 saturated heterocycles. The van der Waals surface area contributed by atoms with Crippen LogP contribution in [-0.2, 0) is 4.79 Å². The molecule has 0 fully saturated rings. The van der Waals surface area contributed by atoms with E-state index < -0.39 is 11.1 Å². The maximum atomic E-state index is 11.7. The molecule has 1 aromatic heterocycles. The normalized spacial score (nSPS) is 10.5. The fourth-order valence-electron chi connectivity index (χ4n) is 1.69. The van der Waals surface area contributed by atoms with Gasteiger partial charge in [0.15, 0.2) is 0 Å². The number of carbonyl (C=O) groups excluding carboxylic acids is 1. The van der Waals surface area contributed by atoms with Crippen molar-refractivity contribution in [3.8, 4) is 0 Å². The van der Waals surface area contributed by atoms with E-state index in [1.807, 2.05) is 0 Å². The van der Waals surface area contributed by atoms with Gasteiger partial charge in [0.2, 0.25) is 5.91 Å². The van der Waals surface area contributed by atoms with E-state index in [-0.39, 0.29) is 23.2 Å². The Morgan fingerprint density at radius 1 is 1.22 bits per heavy atom. The molecule has 4 N–H and O–H groups in total. The lowest BCUT2D eigenvalue weighted by Gasteiger charge is -2.07. The van der Waals surface area contributed by atoms with Crippen LogP contribution in [0.15, 0.2) is 27.8 Å². The number of hydrogen-bond acceptors (Lipinski definition) is 4. The van der Waals surface area contributed by atoms with Crippen LogP contribution < -0.4 is 21.8 Å². The molecule has 2 rings (SSSR count). The summed E-state index contributed by atoms with van der Waals surface area (Å²) in [4.78, 5) is 34.7. The number of rotatable bonds is 3. The molecule has 7 nitrogen and oxygen atoms in total. The largest absolute Gasteiger partial charge is 0.324 e. The van der Waals surface area contributed by atoms with Gasteiger partial charge in [-0.3, -0.25) is 24.6 Å². The molecular formula is C11H12N4O3. The summed E-state index contributed by atoms with van der Waals surface area (Å²) in [7, 11) is 1.64. The molecule has 0 aliphatic heterocycles. The van der Waals surface area contributed by atoms with Gasteiger partial charge in [0.05, 0.1) is 23.0 Å². The van der Waals surface area contributed by atoms with Crippen molar-refractivity contribution in [2.45, 2.75) is 0 Å². The number of H-pyrrole nitrogens is 2. The molecule has 7 heteroatoms. The van der Waals surface area contributed by atoms with Crippen molar-refractivity contribution in [2.24, 2.45) is 0 Å². The first-order valence-electron chi connectivity index (χ1n) is 5.31. The first-order chi connectivity index (χ1) is 8.63. The Morgan fingerprint density at radius 2 is 1.94 bits per heavy atom. The number of fused-ring (bicyclic) bond motifs is 1. The van der Waals surface area contributed by atoms with Gasteiger partial charge in [0.25, 0.3) is 11.1 Å². The Labute approximate surface area is 101 Å². The van der Waals surface area contributed by atoms with Gasteiger partial charge in [-0.2, -0.15) is 0 Å². The monoisotopic (exact) mass is 248 g/mol. The van der Waals surface area contributed by atoms with Crippen molar-refractivity contribution < 1.29 is 4.79 Å². The number of aromatic amines is 2. The van der Waals surface area contributed by atoms with E-state index in [1.165, 1.54) is 6.07 Å². The summed E-state index contributed by atoms with van der Waals surface area (Å²) < 4.78 is 0. The second-order valence-electron chi connectivity index (χ2n) is 3.71. The SMILES string of the molecule is CNCC(=O)Nc1cccc2c(=O)[nH][nH]c(=O)c12. The third-order valence-corrected chi connectivity index (χ3v) is 2.44. The fraction of sp³-hybridized carbons (Fsp3) is 0.182. The van der Waals surface area contributed by atoms with E-state index in [4.69, 9.17) is 0 Å².